The Labute approximate surface area is 144 Å². The lowest BCUT2D eigenvalue weighted by molar-refractivity contribution is -0.162. The van der Waals surface area contributed by atoms with Crippen LogP contribution in [-0.2, 0) is 25.2 Å². The van der Waals surface area contributed by atoms with Crippen molar-refractivity contribution in [3.8, 4) is 0 Å². The van der Waals surface area contributed by atoms with Crippen LogP contribution in [0.3, 0.4) is 0 Å². The Kier molecular flexibility index (Phi) is 6.78. The first-order chi connectivity index (χ1) is 11.4. The number of esters is 2. The Morgan fingerprint density at radius 1 is 1.08 bits per heavy atom. The van der Waals surface area contributed by atoms with Crippen LogP contribution in [0, 0.1) is 0 Å². The molecule has 0 spiro atoms. The van der Waals surface area contributed by atoms with Crippen LogP contribution in [0.5, 0.6) is 0 Å². The number of benzene rings is 1. The second-order valence-corrected chi connectivity index (χ2v) is 6.44. The quantitative estimate of drug-likeness (QED) is 0.579. The summed E-state index contributed by atoms with van der Waals surface area (Å²) in [4.78, 5) is 23.1. The summed E-state index contributed by atoms with van der Waals surface area (Å²) in [6, 6.07) is 4.57. The number of carbonyl (C=O) groups excluding carboxylic acids is 2. The smallest absolute Gasteiger partial charge is 0.416 e. The van der Waals surface area contributed by atoms with Crippen molar-refractivity contribution in [2.75, 3.05) is 0 Å². The van der Waals surface area contributed by atoms with Crippen molar-refractivity contribution >= 4 is 18.0 Å². The van der Waals surface area contributed by atoms with E-state index in [0.29, 0.717) is 5.56 Å². The van der Waals surface area contributed by atoms with E-state index in [1.807, 2.05) is 0 Å². The molecule has 0 bridgehead atoms. The molecule has 25 heavy (non-hydrogen) atoms. The van der Waals surface area contributed by atoms with Gasteiger partial charge in [0.15, 0.2) is 0 Å². The van der Waals surface area contributed by atoms with Gasteiger partial charge >= 0.3 is 18.1 Å². The lowest BCUT2D eigenvalue weighted by atomic mass is 10.1. The average molecular weight is 358 g/mol. The van der Waals surface area contributed by atoms with Crippen LogP contribution in [0.25, 0.3) is 6.08 Å². The van der Waals surface area contributed by atoms with Gasteiger partial charge in [-0.3, -0.25) is 9.59 Å². The van der Waals surface area contributed by atoms with Gasteiger partial charge in [0.05, 0.1) is 5.56 Å². The summed E-state index contributed by atoms with van der Waals surface area (Å²) in [7, 11) is 0. The summed E-state index contributed by atoms with van der Waals surface area (Å²) in [5.41, 5.74) is -0.893. The van der Waals surface area contributed by atoms with Crippen LogP contribution >= 0.6 is 0 Å². The van der Waals surface area contributed by atoms with Crippen molar-refractivity contribution < 1.29 is 32.2 Å². The van der Waals surface area contributed by atoms with Crippen LogP contribution < -0.4 is 0 Å². The maximum absolute atomic E-state index is 12.5. The standard InChI is InChI=1S/C18H21F3O4/c1-12(24-15(22)11-16(23)25-17(2,3)4)5-6-13-7-9-14(10-8-13)18(19,20)21/h5-10,12H,11H2,1-4H3. The minimum Gasteiger partial charge on any atom is -0.460 e. The SMILES string of the molecule is CC(C=Cc1ccc(C(F)(F)F)cc1)OC(=O)CC(=O)OC(C)(C)C. The summed E-state index contributed by atoms with van der Waals surface area (Å²) in [6.07, 6.45) is -2.49. The predicted octanol–water partition coefficient (Wildman–Crippen LogP) is 4.38. The second kappa shape index (κ2) is 8.18. The number of halogens is 3. The number of hydrogen-bond donors (Lipinski definition) is 0. The van der Waals surface area contributed by atoms with Gasteiger partial charge in [0.1, 0.15) is 18.1 Å². The lowest BCUT2D eigenvalue weighted by Crippen LogP contribution is -2.26. The van der Waals surface area contributed by atoms with E-state index in [0.717, 1.165) is 12.1 Å². The molecule has 0 aliphatic rings. The topological polar surface area (TPSA) is 52.6 Å². The van der Waals surface area contributed by atoms with E-state index in [1.165, 1.54) is 24.3 Å². The molecule has 0 saturated carbocycles. The van der Waals surface area contributed by atoms with Gasteiger partial charge in [-0.15, -0.1) is 0 Å². The third kappa shape index (κ3) is 8.37. The Morgan fingerprint density at radius 3 is 2.12 bits per heavy atom. The van der Waals surface area contributed by atoms with Crippen LogP contribution in [0.15, 0.2) is 30.3 Å². The summed E-state index contributed by atoms with van der Waals surface area (Å²) in [5, 5.41) is 0. The maximum atomic E-state index is 12.5. The third-order valence-electron chi connectivity index (χ3n) is 2.82. The molecule has 138 valence electrons. The van der Waals surface area contributed by atoms with E-state index in [4.69, 9.17) is 9.47 Å². The maximum Gasteiger partial charge on any atom is 0.416 e. The van der Waals surface area contributed by atoms with Gasteiger partial charge in [-0.1, -0.05) is 18.2 Å². The van der Waals surface area contributed by atoms with E-state index >= 15 is 0 Å². The molecule has 1 rings (SSSR count). The van der Waals surface area contributed by atoms with Crippen molar-refractivity contribution in [1.29, 1.82) is 0 Å². The molecule has 0 amide bonds. The molecule has 0 aliphatic carbocycles. The lowest BCUT2D eigenvalue weighted by Gasteiger charge is -2.19. The zero-order valence-electron chi connectivity index (χ0n) is 14.5. The van der Waals surface area contributed by atoms with Gasteiger partial charge < -0.3 is 9.47 Å². The summed E-state index contributed by atoms with van der Waals surface area (Å²) in [6.45, 7) is 6.64. The number of hydrogen-bond acceptors (Lipinski definition) is 4. The van der Waals surface area contributed by atoms with E-state index in [-0.39, 0.29) is 0 Å². The summed E-state index contributed by atoms with van der Waals surface area (Å²) in [5.74, 6) is -1.42. The first kappa shape index (κ1) is 20.7. The molecule has 0 aromatic heterocycles. The Morgan fingerprint density at radius 2 is 1.64 bits per heavy atom. The highest BCUT2D eigenvalue weighted by Gasteiger charge is 2.29. The number of alkyl halides is 3. The minimum atomic E-state index is -4.38. The fraction of sp³-hybridized carbons (Fsp3) is 0.444. The number of carbonyl (C=O) groups is 2. The molecule has 4 nitrogen and oxygen atoms in total. The second-order valence-electron chi connectivity index (χ2n) is 6.44. The first-order valence-corrected chi connectivity index (χ1v) is 7.63. The van der Waals surface area contributed by atoms with Crippen molar-refractivity contribution in [2.45, 2.75) is 52.0 Å². The molecule has 0 fully saturated rings. The van der Waals surface area contributed by atoms with Crippen LogP contribution in [0.1, 0.15) is 45.2 Å². The highest BCUT2D eigenvalue weighted by Crippen LogP contribution is 2.29. The third-order valence-corrected chi connectivity index (χ3v) is 2.82. The number of ether oxygens (including phenoxy) is 2. The van der Waals surface area contributed by atoms with E-state index in [2.05, 4.69) is 0 Å². The molecule has 0 aliphatic heterocycles. The van der Waals surface area contributed by atoms with Gasteiger partial charge in [-0.25, -0.2) is 0 Å². The highest BCUT2D eigenvalue weighted by atomic mass is 19.4. The Bertz CT molecular complexity index is 625. The molecule has 7 heteroatoms. The Hall–Kier alpha value is -2.31. The largest absolute Gasteiger partial charge is 0.460 e. The van der Waals surface area contributed by atoms with Crippen molar-refractivity contribution in [3.05, 3.63) is 41.5 Å². The molecule has 1 aromatic carbocycles. The average Bonchev–Trinajstić information content (AvgIpc) is 2.42. The zero-order valence-corrected chi connectivity index (χ0v) is 14.5. The Balaban J connectivity index is 2.53. The first-order valence-electron chi connectivity index (χ1n) is 7.63. The highest BCUT2D eigenvalue weighted by molar-refractivity contribution is 5.91. The van der Waals surface area contributed by atoms with Gasteiger partial charge in [-0.2, -0.15) is 13.2 Å². The van der Waals surface area contributed by atoms with E-state index in [9.17, 15) is 22.8 Å². The van der Waals surface area contributed by atoms with Crippen molar-refractivity contribution in [2.24, 2.45) is 0 Å². The fourth-order valence-corrected chi connectivity index (χ4v) is 1.81. The molecule has 1 aromatic rings. The van der Waals surface area contributed by atoms with Crippen LogP contribution in [0.2, 0.25) is 0 Å². The minimum absolute atomic E-state index is 0.504. The van der Waals surface area contributed by atoms with Gasteiger partial charge in [-0.05, 0) is 51.5 Å². The van der Waals surface area contributed by atoms with Crippen LogP contribution in [-0.4, -0.2) is 23.6 Å². The van der Waals surface area contributed by atoms with Crippen LogP contribution in [0.4, 0.5) is 13.2 Å². The van der Waals surface area contributed by atoms with Crippen molar-refractivity contribution in [1.82, 2.24) is 0 Å². The van der Waals surface area contributed by atoms with E-state index in [1.54, 1.807) is 27.7 Å². The molecular weight excluding hydrogens is 337 g/mol. The molecular formula is C18H21F3O4. The molecule has 1 atom stereocenters. The monoisotopic (exact) mass is 358 g/mol. The van der Waals surface area contributed by atoms with E-state index < -0.39 is 41.8 Å². The summed E-state index contributed by atoms with van der Waals surface area (Å²) >= 11 is 0. The molecule has 0 radical (unpaired) electrons. The molecule has 0 saturated heterocycles. The zero-order chi connectivity index (χ0) is 19.3. The molecule has 0 N–H and O–H groups in total. The normalized spacial score (nSPS) is 13.6. The molecule has 1 unspecified atom stereocenters. The van der Waals surface area contributed by atoms with Gasteiger partial charge in [0, 0.05) is 0 Å². The van der Waals surface area contributed by atoms with Crippen molar-refractivity contribution in [3.63, 3.8) is 0 Å². The summed E-state index contributed by atoms with van der Waals surface area (Å²) < 4.78 is 47.4. The number of rotatable bonds is 5. The predicted molar refractivity (Wildman–Crippen MR) is 86.5 cm³/mol. The molecule has 0 heterocycles. The van der Waals surface area contributed by atoms with Gasteiger partial charge in [0.2, 0.25) is 0 Å². The van der Waals surface area contributed by atoms with Gasteiger partial charge in [0.25, 0.3) is 0 Å². The fourth-order valence-electron chi connectivity index (χ4n) is 1.81.